The molecule has 146 valence electrons. The van der Waals surface area contributed by atoms with Crippen LogP contribution in [0.4, 0.5) is 26.3 Å². The van der Waals surface area contributed by atoms with Gasteiger partial charge in [0.1, 0.15) is 0 Å². The maximum atomic E-state index is 13.0. The first-order chi connectivity index (χ1) is 12.6. The summed E-state index contributed by atoms with van der Waals surface area (Å²) in [5.74, 6) is 0. The highest BCUT2D eigenvalue weighted by Crippen LogP contribution is 2.36. The Labute approximate surface area is 152 Å². The Morgan fingerprint density at radius 1 is 0.889 bits per heavy atom. The van der Waals surface area contributed by atoms with E-state index in [1.807, 2.05) is 30.3 Å². The molecule has 1 saturated heterocycles. The Morgan fingerprint density at radius 2 is 1.48 bits per heavy atom. The molecule has 1 aliphatic rings. The van der Waals surface area contributed by atoms with E-state index in [9.17, 15) is 26.3 Å². The molecule has 0 unspecified atom stereocenters. The fraction of sp³-hybridized carbons (Fsp3) is 0.368. The number of alkyl halides is 6. The molecule has 0 bridgehead atoms. The van der Waals surface area contributed by atoms with Gasteiger partial charge in [0, 0.05) is 18.6 Å². The van der Waals surface area contributed by atoms with E-state index in [-0.39, 0.29) is 30.3 Å². The molecule has 2 nitrogen and oxygen atoms in total. The summed E-state index contributed by atoms with van der Waals surface area (Å²) in [6.45, 7) is 0.635. The molecule has 2 aromatic rings. The third-order valence-electron chi connectivity index (χ3n) is 4.60. The lowest BCUT2D eigenvalue weighted by molar-refractivity contribution is -0.143. The van der Waals surface area contributed by atoms with Crippen LogP contribution >= 0.6 is 0 Å². The molecular weight excluding hydrogens is 370 g/mol. The fourth-order valence-corrected chi connectivity index (χ4v) is 3.30. The zero-order valence-corrected chi connectivity index (χ0v) is 14.2. The average molecular weight is 388 g/mol. The van der Waals surface area contributed by atoms with Gasteiger partial charge in [-0.1, -0.05) is 30.3 Å². The zero-order valence-electron chi connectivity index (χ0n) is 14.2. The van der Waals surface area contributed by atoms with Gasteiger partial charge in [0.15, 0.2) is 0 Å². The van der Waals surface area contributed by atoms with Gasteiger partial charge in [-0.3, -0.25) is 0 Å². The third-order valence-corrected chi connectivity index (χ3v) is 4.60. The van der Waals surface area contributed by atoms with E-state index in [2.05, 4.69) is 10.6 Å². The molecule has 2 aromatic carbocycles. The van der Waals surface area contributed by atoms with E-state index in [0.29, 0.717) is 6.54 Å². The highest BCUT2D eigenvalue weighted by atomic mass is 19.4. The molecule has 8 heteroatoms. The lowest BCUT2D eigenvalue weighted by atomic mass is 10.00. The van der Waals surface area contributed by atoms with Crippen LogP contribution in [-0.2, 0) is 18.9 Å². The Bertz CT molecular complexity index is 738. The van der Waals surface area contributed by atoms with Crippen LogP contribution in [0, 0.1) is 0 Å². The van der Waals surface area contributed by atoms with Crippen molar-refractivity contribution in [2.45, 2.75) is 37.4 Å². The number of rotatable bonds is 4. The van der Waals surface area contributed by atoms with Crippen molar-refractivity contribution in [3.05, 3.63) is 70.8 Å². The van der Waals surface area contributed by atoms with Crippen LogP contribution in [-0.4, -0.2) is 12.6 Å². The summed E-state index contributed by atoms with van der Waals surface area (Å²) in [7, 11) is 0. The molecule has 2 N–H and O–H groups in total. The quantitative estimate of drug-likeness (QED) is 0.727. The molecular formula is C19H18F6N2. The second-order valence-electron chi connectivity index (χ2n) is 6.53. The van der Waals surface area contributed by atoms with E-state index in [0.717, 1.165) is 24.1 Å². The van der Waals surface area contributed by atoms with Gasteiger partial charge in [0.2, 0.25) is 0 Å². The van der Waals surface area contributed by atoms with Gasteiger partial charge >= 0.3 is 12.4 Å². The number of hydrogen-bond acceptors (Lipinski definition) is 2. The Morgan fingerprint density at radius 3 is 2.04 bits per heavy atom. The van der Waals surface area contributed by atoms with Crippen molar-refractivity contribution in [1.29, 1.82) is 0 Å². The van der Waals surface area contributed by atoms with Gasteiger partial charge in [0.25, 0.3) is 0 Å². The van der Waals surface area contributed by atoms with E-state index < -0.39 is 23.5 Å². The molecule has 2 atom stereocenters. The number of nitrogens with one attached hydrogen (secondary N) is 2. The van der Waals surface area contributed by atoms with Crippen LogP contribution in [0.2, 0.25) is 0 Å². The van der Waals surface area contributed by atoms with E-state index in [1.54, 1.807) is 0 Å². The highest BCUT2D eigenvalue weighted by Gasteiger charge is 2.37. The van der Waals surface area contributed by atoms with Crippen LogP contribution < -0.4 is 10.6 Å². The third kappa shape index (κ3) is 4.81. The molecule has 0 radical (unpaired) electrons. The largest absolute Gasteiger partial charge is 0.416 e. The summed E-state index contributed by atoms with van der Waals surface area (Å²) in [5, 5.41) is 6.41. The molecule has 0 aromatic heterocycles. The van der Waals surface area contributed by atoms with E-state index in [1.165, 1.54) is 0 Å². The van der Waals surface area contributed by atoms with Gasteiger partial charge in [0.05, 0.1) is 11.1 Å². The average Bonchev–Trinajstić information content (AvgIpc) is 3.07. The maximum absolute atomic E-state index is 13.0. The van der Waals surface area contributed by atoms with Crippen LogP contribution in [0.3, 0.4) is 0 Å². The number of benzene rings is 2. The van der Waals surface area contributed by atoms with Crippen LogP contribution in [0.25, 0.3) is 0 Å². The zero-order chi connectivity index (χ0) is 19.7. The number of hydrogen-bond donors (Lipinski definition) is 2. The Balaban J connectivity index is 1.79. The summed E-state index contributed by atoms with van der Waals surface area (Å²) >= 11 is 0. The molecule has 1 aliphatic heterocycles. The van der Waals surface area contributed by atoms with Crippen molar-refractivity contribution in [1.82, 2.24) is 10.6 Å². The molecule has 0 aliphatic carbocycles. The Kier molecular flexibility index (Phi) is 5.48. The summed E-state index contributed by atoms with van der Waals surface area (Å²) in [6.07, 6.45) is -8.94. The SMILES string of the molecule is FC(F)(F)c1cc(CN[C@@H]2CCN[C@@H]2c2ccccc2)cc(C(F)(F)F)c1. The lowest BCUT2D eigenvalue weighted by Gasteiger charge is -2.22. The van der Waals surface area contributed by atoms with E-state index >= 15 is 0 Å². The van der Waals surface area contributed by atoms with Gasteiger partial charge in [-0.15, -0.1) is 0 Å². The second-order valence-corrected chi connectivity index (χ2v) is 6.53. The van der Waals surface area contributed by atoms with Crippen LogP contribution in [0.5, 0.6) is 0 Å². The summed E-state index contributed by atoms with van der Waals surface area (Å²) in [4.78, 5) is 0. The van der Waals surface area contributed by atoms with Crippen molar-refractivity contribution in [2.75, 3.05) is 6.54 Å². The van der Waals surface area contributed by atoms with Crippen LogP contribution in [0.1, 0.15) is 34.7 Å². The minimum Gasteiger partial charge on any atom is -0.309 e. The van der Waals surface area contributed by atoms with Crippen molar-refractivity contribution in [3.8, 4) is 0 Å². The number of halogens is 6. The second kappa shape index (κ2) is 7.52. The fourth-order valence-electron chi connectivity index (χ4n) is 3.30. The standard InChI is InChI=1S/C19H18F6N2/c20-18(21,22)14-8-12(9-15(10-14)19(23,24)25)11-27-16-6-7-26-17(16)13-4-2-1-3-5-13/h1-5,8-10,16-17,26-27H,6-7,11H2/t16-,17-/m1/s1. The Hall–Kier alpha value is -2.06. The van der Waals surface area contributed by atoms with Gasteiger partial charge < -0.3 is 10.6 Å². The van der Waals surface area contributed by atoms with Gasteiger partial charge in [-0.2, -0.15) is 26.3 Å². The molecule has 0 spiro atoms. The van der Waals surface area contributed by atoms with Crippen molar-refractivity contribution < 1.29 is 26.3 Å². The maximum Gasteiger partial charge on any atom is 0.416 e. The van der Waals surface area contributed by atoms with Crippen molar-refractivity contribution in [3.63, 3.8) is 0 Å². The first kappa shape index (κ1) is 19.7. The normalized spacial score (nSPS) is 20.8. The molecule has 3 rings (SSSR count). The van der Waals surface area contributed by atoms with Gasteiger partial charge in [-0.05, 0) is 42.3 Å². The summed E-state index contributed by atoms with van der Waals surface area (Å²) in [5.41, 5.74) is -1.61. The molecule has 27 heavy (non-hydrogen) atoms. The molecule has 0 amide bonds. The van der Waals surface area contributed by atoms with Gasteiger partial charge in [-0.25, -0.2) is 0 Å². The lowest BCUT2D eigenvalue weighted by Crippen LogP contribution is -2.34. The predicted octanol–water partition coefficient (Wildman–Crippen LogP) is 4.92. The minimum absolute atomic E-state index is 0.0425. The monoisotopic (exact) mass is 388 g/mol. The smallest absolute Gasteiger partial charge is 0.309 e. The van der Waals surface area contributed by atoms with Crippen LogP contribution in [0.15, 0.2) is 48.5 Å². The first-order valence-corrected chi connectivity index (χ1v) is 8.44. The predicted molar refractivity (Wildman–Crippen MR) is 88.9 cm³/mol. The molecule has 1 heterocycles. The summed E-state index contributed by atoms with van der Waals surface area (Å²) < 4.78 is 77.8. The van der Waals surface area contributed by atoms with E-state index in [4.69, 9.17) is 0 Å². The van der Waals surface area contributed by atoms with Crippen molar-refractivity contribution in [2.24, 2.45) is 0 Å². The molecule has 0 saturated carbocycles. The van der Waals surface area contributed by atoms with Crippen molar-refractivity contribution >= 4 is 0 Å². The molecule has 1 fully saturated rings. The first-order valence-electron chi connectivity index (χ1n) is 8.44. The summed E-state index contributed by atoms with van der Waals surface area (Å²) in [6, 6.07) is 11.1. The highest BCUT2D eigenvalue weighted by molar-refractivity contribution is 5.34. The topological polar surface area (TPSA) is 24.1 Å². The minimum atomic E-state index is -4.84.